The highest BCUT2D eigenvalue weighted by atomic mass is 32.2. The van der Waals surface area contributed by atoms with Gasteiger partial charge in [-0.15, -0.1) is 0 Å². The average Bonchev–Trinajstić information content (AvgIpc) is 2.83. The minimum atomic E-state index is -1.49. The lowest BCUT2D eigenvalue weighted by Gasteiger charge is -2.14. The highest BCUT2D eigenvalue weighted by molar-refractivity contribution is 7.98. The Kier molecular flexibility index (Phi) is 7.36. The molecule has 0 saturated carbocycles. The van der Waals surface area contributed by atoms with E-state index >= 15 is 0 Å². The summed E-state index contributed by atoms with van der Waals surface area (Å²) in [7, 11) is -1.49. The van der Waals surface area contributed by atoms with Crippen LogP contribution in [0.25, 0.3) is 10.8 Å². The molecule has 1 unspecified atom stereocenters. The number of thioether (sulfide) groups is 1. The smallest absolute Gasteiger partial charge is 0.191 e. The van der Waals surface area contributed by atoms with Gasteiger partial charge in [0.25, 0.3) is 0 Å². The van der Waals surface area contributed by atoms with Crippen LogP contribution in [0.4, 0.5) is 11.6 Å². The lowest BCUT2D eigenvalue weighted by Crippen LogP contribution is -2.20. The molecule has 0 saturated heterocycles. The molecule has 4 rings (SSSR count). The molecule has 1 aromatic heterocycles. The molecule has 1 heterocycles. The molecule has 2 atom stereocenters. The maximum atomic E-state index is 13.0. The van der Waals surface area contributed by atoms with Gasteiger partial charge in [-0.3, -0.25) is 4.72 Å². The Balaban J connectivity index is 1.56. The van der Waals surface area contributed by atoms with Crippen molar-refractivity contribution in [1.29, 1.82) is 0 Å². The van der Waals surface area contributed by atoms with E-state index in [1.54, 1.807) is 6.07 Å². The van der Waals surface area contributed by atoms with Gasteiger partial charge in [0.15, 0.2) is 16.1 Å². The Labute approximate surface area is 194 Å². The van der Waals surface area contributed by atoms with E-state index in [1.807, 2.05) is 67.6 Å². The molecule has 0 fully saturated rings. The van der Waals surface area contributed by atoms with E-state index < -0.39 is 11.0 Å². The first-order valence-electron chi connectivity index (χ1n) is 10.2. The first-order valence-corrected chi connectivity index (χ1v) is 12.3. The van der Waals surface area contributed by atoms with E-state index in [-0.39, 0.29) is 12.6 Å². The van der Waals surface area contributed by atoms with Crippen molar-refractivity contribution in [3.63, 3.8) is 0 Å². The number of aliphatic hydroxyl groups is 1. The van der Waals surface area contributed by atoms with Crippen molar-refractivity contribution in [3.8, 4) is 0 Å². The molecule has 164 valence electrons. The fourth-order valence-electron chi connectivity index (χ4n) is 3.07. The first kappa shape index (κ1) is 22.3. The number of fused-ring (bicyclic) bond motifs is 1. The maximum absolute atomic E-state index is 13.0. The van der Waals surface area contributed by atoms with Gasteiger partial charge in [0.2, 0.25) is 0 Å². The molecule has 6 nitrogen and oxygen atoms in total. The van der Waals surface area contributed by atoms with Crippen molar-refractivity contribution >= 4 is 45.2 Å². The van der Waals surface area contributed by atoms with Gasteiger partial charge in [-0.1, -0.05) is 72.4 Å². The zero-order valence-corrected chi connectivity index (χ0v) is 19.2. The van der Waals surface area contributed by atoms with E-state index in [1.165, 1.54) is 11.8 Å². The van der Waals surface area contributed by atoms with Gasteiger partial charge in [0.05, 0.1) is 11.5 Å². The largest absolute Gasteiger partial charge is 0.394 e. The van der Waals surface area contributed by atoms with Gasteiger partial charge in [0.1, 0.15) is 11.6 Å². The quantitative estimate of drug-likeness (QED) is 0.242. The second-order valence-electron chi connectivity index (χ2n) is 7.30. The molecule has 8 heteroatoms. The van der Waals surface area contributed by atoms with Crippen molar-refractivity contribution in [3.05, 3.63) is 84.4 Å². The van der Waals surface area contributed by atoms with Crippen molar-refractivity contribution < 1.29 is 9.32 Å². The fraction of sp³-hybridized carbons (Fsp3) is 0.167. The Morgan fingerprint density at radius 3 is 2.44 bits per heavy atom. The number of hydrogen-bond acceptors (Lipinski definition) is 6. The third kappa shape index (κ3) is 5.85. The molecule has 0 bridgehead atoms. The number of rotatable bonds is 9. The number of aliphatic hydroxyl groups excluding tert-OH is 1. The Morgan fingerprint density at radius 1 is 0.938 bits per heavy atom. The number of aromatic nitrogens is 2. The van der Waals surface area contributed by atoms with Crippen LogP contribution in [0, 0.1) is 0 Å². The van der Waals surface area contributed by atoms with E-state index in [0.717, 1.165) is 16.3 Å². The number of anilines is 2. The van der Waals surface area contributed by atoms with Gasteiger partial charge in [-0.25, -0.2) is 14.2 Å². The molecular weight excluding hydrogens is 440 g/mol. The lowest BCUT2D eigenvalue weighted by atomic mass is 10.1. The summed E-state index contributed by atoms with van der Waals surface area (Å²) < 4.78 is 16.0. The van der Waals surface area contributed by atoms with Crippen molar-refractivity contribution in [1.82, 2.24) is 9.97 Å². The zero-order valence-electron chi connectivity index (χ0n) is 17.6. The molecule has 3 N–H and O–H groups in total. The zero-order chi connectivity index (χ0) is 22.3. The van der Waals surface area contributed by atoms with Gasteiger partial charge in [-0.05, 0) is 35.4 Å². The second kappa shape index (κ2) is 10.6. The summed E-state index contributed by atoms with van der Waals surface area (Å²) >= 11 is 1.50. The Morgan fingerprint density at radius 2 is 1.66 bits per heavy atom. The topological polar surface area (TPSA) is 87.1 Å². The average molecular weight is 465 g/mol. The molecule has 0 amide bonds. The minimum Gasteiger partial charge on any atom is -0.394 e. The van der Waals surface area contributed by atoms with Gasteiger partial charge in [-0.2, -0.15) is 0 Å². The molecule has 4 aromatic rings. The summed E-state index contributed by atoms with van der Waals surface area (Å²) in [4.78, 5) is 9.77. The van der Waals surface area contributed by atoms with Crippen molar-refractivity contribution in [2.45, 2.75) is 28.8 Å². The summed E-state index contributed by atoms with van der Waals surface area (Å²) in [5, 5.41) is 15.2. The lowest BCUT2D eigenvalue weighted by molar-refractivity contribution is 0.281. The van der Waals surface area contributed by atoms with Crippen LogP contribution in [0.3, 0.4) is 0 Å². The molecule has 0 aliphatic carbocycles. The van der Waals surface area contributed by atoms with Crippen molar-refractivity contribution in [2.75, 3.05) is 16.6 Å². The summed E-state index contributed by atoms with van der Waals surface area (Å²) in [6, 6.07) is 25.3. The van der Waals surface area contributed by atoms with Crippen LogP contribution in [-0.4, -0.2) is 31.9 Å². The van der Waals surface area contributed by atoms with Crippen LogP contribution < -0.4 is 10.0 Å². The van der Waals surface area contributed by atoms with Gasteiger partial charge < -0.3 is 10.4 Å². The minimum absolute atomic E-state index is 0.0255. The van der Waals surface area contributed by atoms with E-state index in [0.29, 0.717) is 27.4 Å². The van der Waals surface area contributed by atoms with Crippen LogP contribution >= 0.6 is 11.8 Å². The highest BCUT2D eigenvalue weighted by Gasteiger charge is 2.12. The number of nitrogens with zero attached hydrogens (tertiary/aromatic N) is 2. The highest BCUT2D eigenvalue weighted by Crippen LogP contribution is 2.25. The number of benzene rings is 3. The Bertz CT molecular complexity index is 1220. The molecule has 0 aliphatic heterocycles. The fourth-order valence-corrected chi connectivity index (χ4v) is 4.72. The summed E-state index contributed by atoms with van der Waals surface area (Å²) in [6.45, 7) is 1.83. The summed E-state index contributed by atoms with van der Waals surface area (Å²) in [5.74, 6) is 1.73. The summed E-state index contributed by atoms with van der Waals surface area (Å²) in [5.41, 5.74) is 1.16. The van der Waals surface area contributed by atoms with Gasteiger partial charge >= 0.3 is 0 Å². The molecule has 0 radical (unpaired) electrons. The monoisotopic (exact) mass is 464 g/mol. The standard InChI is InChI=1S/C24H24N4O2S2/c1-17(15-29)25-22-14-23(27-24(26-22)31-16-18-7-3-2-4-8-18)28-32(30)21-12-11-19-9-5-6-10-20(19)13-21/h2-14,17,29H,15-16H2,1H3,(H2,25,26,27,28)/t17-,32?/m1/s1. The third-order valence-corrected chi connectivity index (χ3v) is 6.71. The van der Waals surface area contributed by atoms with E-state index in [2.05, 4.69) is 32.1 Å². The van der Waals surface area contributed by atoms with Gasteiger partial charge in [0, 0.05) is 17.9 Å². The van der Waals surface area contributed by atoms with Crippen LogP contribution in [0.15, 0.2) is 88.9 Å². The predicted molar refractivity (Wildman–Crippen MR) is 132 cm³/mol. The summed E-state index contributed by atoms with van der Waals surface area (Å²) in [6.07, 6.45) is 0. The number of hydrogen-bond donors (Lipinski definition) is 3. The van der Waals surface area contributed by atoms with Crippen LogP contribution in [-0.2, 0) is 16.7 Å². The predicted octanol–water partition coefficient (Wildman–Crippen LogP) is 4.85. The maximum Gasteiger partial charge on any atom is 0.191 e. The molecular formula is C24H24N4O2S2. The van der Waals surface area contributed by atoms with E-state index in [9.17, 15) is 9.32 Å². The Hall–Kier alpha value is -2.94. The van der Waals surface area contributed by atoms with Crippen molar-refractivity contribution in [2.24, 2.45) is 0 Å². The van der Waals surface area contributed by atoms with Crippen LogP contribution in [0.1, 0.15) is 12.5 Å². The molecule has 0 spiro atoms. The SMILES string of the molecule is C[C@H](CO)Nc1cc(NS(=O)c2ccc3ccccc3c2)nc(SCc2ccccc2)n1. The first-order chi connectivity index (χ1) is 15.6. The molecule has 3 aromatic carbocycles. The molecule has 0 aliphatic rings. The van der Waals surface area contributed by atoms with Crippen LogP contribution in [0.5, 0.6) is 0 Å². The van der Waals surface area contributed by atoms with Crippen LogP contribution in [0.2, 0.25) is 0 Å². The third-order valence-electron chi connectivity index (χ3n) is 4.72. The normalized spacial score (nSPS) is 12.9. The second-order valence-corrected chi connectivity index (χ2v) is 9.46. The number of nitrogens with one attached hydrogen (secondary N) is 2. The van der Waals surface area contributed by atoms with E-state index in [4.69, 9.17) is 0 Å². The molecule has 32 heavy (non-hydrogen) atoms.